The van der Waals surface area contributed by atoms with Crippen LogP contribution in [0.4, 0.5) is 0 Å². The molecule has 1 N–H and O–H groups in total. The van der Waals surface area contributed by atoms with Gasteiger partial charge < -0.3 is 5.11 Å². The standard InChI is InChI=1S/C8H18O4S/c1-4-6-7(9)8(5-2)13(10,11)12-3/h7-9H,4-6H2,1-3H3. The fourth-order valence-electron chi connectivity index (χ4n) is 1.27. The lowest BCUT2D eigenvalue weighted by molar-refractivity contribution is 0.150. The molecule has 0 fully saturated rings. The van der Waals surface area contributed by atoms with Crippen molar-refractivity contribution in [3.8, 4) is 0 Å². The van der Waals surface area contributed by atoms with E-state index in [0.717, 1.165) is 13.5 Å². The smallest absolute Gasteiger partial charge is 0.272 e. The van der Waals surface area contributed by atoms with Crippen LogP contribution in [-0.2, 0) is 14.3 Å². The Hall–Kier alpha value is -0.130. The number of rotatable bonds is 6. The van der Waals surface area contributed by atoms with Gasteiger partial charge >= 0.3 is 0 Å². The van der Waals surface area contributed by atoms with Crippen LogP contribution in [-0.4, -0.2) is 32.0 Å². The highest BCUT2D eigenvalue weighted by Gasteiger charge is 2.30. The third kappa shape index (κ3) is 3.62. The predicted octanol–water partition coefficient (Wildman–Crippen LogP) is 0.902. The van der Waals surface area contributed by atoms with Crippen LogP contribution in [0.15, 0.2) is 0 Å². The van der Waals surface area contributed by atoms with E-state index in [1.165, 1.54) is 0 Å². The van der Waals surface area contributed by atoms with E-state index in [2.05, 4.69) is 4.18 Å². The highest BCUT2D eigenvalue weighted by molar-refractivity contribution is 7.87. The monoisotopic (exact) mass is 210 g/mol. The van der Waals surface area contributed by atoms with E-state index in [4.69, 9.17) is 0 Å². The van der Waals surface area contributed by atoms with Gasteiger partial charge in [0.1, 0.15) is 5.25 Å². The van der Waals surface area contributed by atoms with Crippen molar-refractivity contribution in [2.24, 2.45) is 0 Å². The van der Waals surface area contributed by atoms with E-state index in [9.17, 15) is 13.5 Å². The molecular formula is C8H18O4S. The Morgan fingerprint density at radius 3 is 2.23 bits per heavy atom. The van der Waals surface area contributed by atoms with Crippen LogP contribution in [0.25, 0.3) is 0 Å². The van der Waals surface area contributed by atoms with Crippen LogP contribution in [0.2, 0.25) is 0 Å². The zero-order chi connectivity index (χ0) is 10.5. The molecule has 0 bridgehead atoms. The van der Waals surface area contributed by atoms with Gasteiger partial charge in [0.25, 0.3) is 10.1 Å². The van der Waals surface area contributed by atoms with Crippen LogP contribution >= 0.6 is 0 Å². The van der Waals surface area contributed by atoms with Crippen molar-refractivity contribution in [2.45, 2.75) is 44.5 Å². The van der Waals surface area contributed by atoms with Gasteiger partial charge in [-0.15, -0.1) is 0 Å². The second kappa shape index (κ2) is 5.57. The van der Waals surface area contributed by atoms with Crippen LogP contribution in [0.5, 0.6) is 0 Å². The normalized spacial score (nSPS) is 16.9. The summed E-state index contributed by atoms with van der Waals surface area (Å²) in [4.78, 5) is 0. The largest absolute Gasteiger partial charge is 0.392 e. The van der Waals surface area contributed by atoms with Gasteiger partial charge in [0.05, 0.1) is 13.2 Å². The topological polar surface area (TPSA) is 63.6 Å². The minimum absolute atomic E-state index is 0.372. The van der Waals surface area contributed by atoms with E-state index in [1.54, 1.807) is 6.92 Å². The summed E-state index contributed by atoms with van der Waals surface area (Å²) in [7, 11) is -2.46. The molecular weight excluding hydrogens is 192 g/mol. The van der Waals surface area contributed by atoms with Crippen LogP contribution in [0, 0.1) is 0 Å². The summed E-state index contributed by atoms with van der Waals surface area (Å²) >= 11 is 0. The maximum Gasteiger partial charge on any atom is 0.272 e. The third-order valence-corrected chi connectivity index (χ3v) is 3.87. The molecule has 0 aromatic rings. The van der Waals surface area contributed by atoms with Crippen molar-refractivity contribution >= 4 is 10.1 Å². The van der Waals surface area contributed by atoms with Crippen LogP contribution in [0.3, 0.4) is 0 Å². The molecule has 0 saturated carbocycles. The number of hydrogen-bond acceptors (Lipinski definition) is 4. The van der Waals surface area contributed by atoms with E-state index in [0.29, 0.717) is 12.8 Å². The maximum absolute atomic E-state index is 11.3. The Morgan fingerprint density at radius 1 is 1.38 bits per heavy atom. The van der Waals surface area contributed by atoms with Gasteiger partial charge in [-0.05, 0) is 12.8 Å². The summed E-state index contributed by atoms with van der Waals surface area (Å²) in [5.74, 6) is 0. The van der Waals surface area contributed by atoms with Crippen molar-refractivity contribution in [1.29, 1.82) is 0 Å². The minimum Gasteiger partial charge on any atom is -0.392 e. The summed E-state index contributed by atoms with van der Waals surface area (Å²) in [5, 5.41) is 8.72. The minimum atomic E-state index is -3.58. The van der Waals surface area contributed by atoms with Gasteiger partial charge in [-0.1, -0.05) is 20.3 Å². The number of hydrogen-bond donors (Lipinski definition) is 1. The van der Waals surface area contributed by atoms with Gasteiger partial charge in [0.15, 0.2) is 0 Å². The zero-order valence-electron chi connectivity index (χ0n) is 8.36. The highest BCUT2D eigenvalue weighted by Crippen LogP contribution is 2.15. The molecule has 13 heavy (non-hydrogen) atoms. The second-order valence-corrected chi connectivity index (χ2v) is 4.89. The van der Waals surface area contributed by atoms with E-state index in [1.807, 2.05) is 6.92 Å². The molecule has 0 aliphatic heterocycles. The SMILES string of the molecule is CCCC(O)C(CC)S(=O)(=O)OC. The first-order valence-corrected chi connectivity index (χ1v) is 5.94. The van der Waals surface area contributed by atoms with Gasteiger partial charge in [-0.2, -0.15) is 8.42 Å². The average Bonchev–Trinajstić information content (AvgIpc) is 2.05. The summed E-state index contributed by atoms with van der Waals surface area (Å²) in [6.07, 6.45) is 0.801. The van der Waals surface area contributed by atoms with Crippen molar-refractivity contribution < 1.29 is 17.7 Å². The van der Waals surface area contributed by atoms with Crippen LogP contribution < -0.4 is 0 Å². The average molecular weight is 210 g/mol. The molecule has 0 rings (SSSR count). The Labute approximate surface area is 80.0 Å². The number of aliphatic hydroxyl groups excluding tert-OH is 1. The van der Waals surface area contributed by atoms with Crippen molar-refractivity contribution in [3.05, 3.63) is 0 Å². The molecule has 0 aromatic heterocycles. The first-order chi connectivity index (χ1) is 5.99. The lowest BCUT2D eigenvalue weighted by atomic mass is 10.1. The fraction of sp³-hybridized carbons (Fsp3) is 1.00. The molecule has 0 amide bonds. The van der Waals surface area contributed by atoms with Crippen molar-refractivity contribution in [1.82, 2.24) is 0 Å². The lowest BCUT2D eigenvalue weighted by Gasteiger charge is -2.19. The first kappa shape index (κ1) is 12.9. The molecule has 0 radical (unpaired) electrons. The van der Waals surface area contributed by atoms with Gasteiger partial charge in [-0.25, -0.2) is 0 Å². The molecule has 4 nitrogen and oxygen atoms in total. The van der Waals surface area contributed by atoms with Gasteiger partial charge in [0, 0.05) is 0 Å². The molecule has 0 aliphatic carbocycles. The Balaban J connectivity index is 4.50. The Kier molecular flexibility index (Phi) is 5.51. The summed E-state index contributed by atoms with van der Waals surface area (Å²) in [6, 6.07) is 0. The molecule has 5 heteroatoms. The van der Waals surface area contributed by atoms with Crippen molar-refractivity contribution in [2.75, 3.05) is 7.11 Å². The molecule has 2 atom stereocenters. The van der Waals surface area contributed by atoms with Gasteiger partial charge in [-0.3, -0.25) is 4.18 Å². The second-order valence-electron chi connectivity index (χ2n) is 2.96. The van der Waals surface area contributed by atoms with Gasteiger partial charge in [0.2, 0.25) is 0 Å². The highest BCUT2D eigenvalue weighted by atomic mass is 32.2. The van der Waals surface area contributed by atoms with E-state index >= 15 is 0 Å². The molecule has 80 valence electrons. The number of aliphatic hydroxyl groups is 1. The van der Waals surface area contributed by atoms with Crippen LogP contribution in [0.1, 0.15) is 33.1 Å². The first-order valence-electron chi connectivity index (χ1n) is 4.47. The molecule has 2 unspecified atom stereocenters. The molecule has 0 aromatic carbocycles. The zero-order valence-corrected chi connectivity index (χ0v) is 9.17. The predicted molar refractivity (Wildman–Crippen MR) is 50.9 cm³/mol. The fourth-order valence-corrected chi connectivity index (χ4v) is 2.45. The quantitative estimate of drug-likeness (QED) is 0.662. The molecule has 0 saturated heterocycles. The maximum atomic E-state index is 11.3. The molecule has 0 spiro atoms. The summed E-state index contributed by atoms with van der Waals surface area (Å²) in [5.41, 5.74) is 0. The molecule has 0 aliphatic rings. The Bertz CT molecular complexity index is 222. The van der Waals surface area contributed by atoms with E-state index in [-0.39, 0.29) is 0 Å². The van der Waals surface area contributed by atoms with E-state index < -0.39 is 21.5 Å². The summed E-state index contributed by atoms with van der Waals surface area (Å²) in [6.45, 7) is 3.62. The molecule has 0 heterocycles. The van der Waals surface area contributed by atoms with Crippen molar-refractivity contribution in [3.63, 3.8) is 0 Å². The Morgan fingerprint density at radius 2 is 1.92 bits per heavy atom. The lowest BCUT2D eigenvalue weighted by Crippen LogP contribution is -2.34. The summed E-state index contributed by atoms with van der Waals surface area (Å²) < 4.78 is 26.9. The third-order valence-electron chi connectivity index (χ3n) is 2.02.